The van der Waals surface area contributed by atoms with Gasteiger partial charge in [0.25, 0.3) is 0 Å². The van der Waals surface area contributed by atoms with Gasteiger partial charge >= 0.3 is 0 Å². The number of rotatable bonds is 5. The van der Waals surface area contributed by atoms with Crippen molar-refractivity contribution >= 4 is 23.6 Å². The predicted octanol–water partition coefficient (Wildman–Crippen LogP) is 1.75. The lowest BCUT2D eigenvalue weighted by Gasteiger charge is -2.58. The van der Waals surface area contributed by atoms with Gasteiger partial charge in [0.15, 0.2) is 0 Å². The van der Waals surface area contributed by atoms with Gasteiger partial charge in [-0.05, 0) is 62.0 Å². The molecule has 2 heterocycles. The van der Waals surface area contributed by atoms with E-state index < -0.39 is 0 Å². The predicted molar refractivity (Wildman–Crippen MR) is 108 cm³/mol. The highest BCUT2D eigenvalue weighted by Crippen LogP contribution is 2.59. The Balaban J connectivity index is 1.26. The molecule has 3 N–H and O–H groups in total. The number of pyridine rings is 1. The Kier molecular flexibility index (Phi) is 4.62. The number of carbonyl (C=O) groups is 2. The van der Waals surface area contributed by atoms with Crippen LogP contribution in [-0.4, -0.2) is 45.4 Å². The second-order valence-corrected chi connectivity index (χ2v) is 10.4. The zero-order valence-electron chi connectivity index (χ0n) is 16.0. The zero-order valence-corrected chi connectivity index (χ0v) is 16.9. The Hall–Kier alpha value is -1.60. The second-order valence-electron chi connectivity index (χ2n) is 9.16. The maximum Gasteiger partial charge on any atom is 0.247 e. The fraction of sp³-hybridized carbons (Fsp3) is 0.667. The summed E-state index contributed by atoms with van der Waals surface area (Å²) in [6.07, 6.45) is 6.74. The Labute approximate surface area is 170 Å². The van der Waals surface area contributed by atoms with E-state index in [1.54, 1.807) is 18.0 Å². The van der Waals surface area contributed by atoms with E-state index in [1.807, 2.05) is 18.2 Å². The van der Waals surface area contributed by atoms with E-state index in [2.05, 4.69) is 15.2 Å². The average molecular weight is 401 g/mol. The van der Waals surface area contributed by atoms with Crippen molar-refractivity contribution in [1.82, 2.24) is 15.2 Å². The molecule has 3 unspecified atom stereocenters. The molecule has 4 saturated carbocycles. The molecule has 6 nitrogen and oxygen atoms in total. The molecule has 4 bridgehead atoms. The van der Waals surface area contributed by atoms with Crippen LogP contribution in [0.4, 0.5) is 0 Å². The number of hydrogen-bond acceptors (Lipinski definition) is 5. The topological polar surface area (TPSA) is 88.3 Å². The highest BCUT2D eigenvalue weighted by molar-refractivity contribution is 8.00. The van der Waals surface area contributed by atoms with Crippen LogP contribution in [0.15, 0.2) is 24.4 Å². The highest BCUT2D eigenvalue weighted by Gasteiger charge is 2.58. The summed E-state index contributed by atoms with van der Waals surface area (Å²) in [7, 11) is 0. The van der Waals surface area contributed by atoms with Crippen LogP contribution < -0.4 is 11.1 Å². The largest absolute Gasteiger partial charge is 0.369 e. The lowest BCUT2D eigenvalue weighted by molar-refractivity contribution is -0.147. The van der Waals surface area contributed by atoms with Gasteiger partial charge in [-0.3, -0.25) is 19.5 Å². The third-order valence-corrected chi connectivity index (χ3v) is 8.65. The number of nitrogens with two attached hydrogens (primary N) is 1. The van der Waals surface area contributed by atoms with Gasteiger partial charge in [0.2, 0.25) is 11.8 Å². The third kappa shape index (κ3) is 3.12. The lowest BCUT2D eigenvalue weighted by atomic mass is 9.47. The van der Waals surface area contributed by atoms with Crippen molar-refractivity contribution in [2.24, 2.45) is 28.9 Å². The van der Waals surface area contributed by atoms with Crippen LogP contribution >= 0.6 is 11.8 Å². The minimum Gasteiger partial charge on any atom is -0.369 e. The van der Waals surface area contributed by atoms with Crippen molar-refractivity contribution in [2.75, 3.05) is 12.3 Å². The van der Waals surface area contributed by atoms with Gasteiger partial charge in [0.1, 0.15) is 5.37 Å². The van der Waals surface area contributed by atoms with E-state index >= 15 is 0 Å². The summed E-state index contributed by atoms with van der Waals surface area (Å²) in [5.41, 5.74) is 6.49. The smallest absolute Gasteiger partial charge is 0.247 e. The van der Waals surface area contributed by atoms with E-state index in [9.17, 15) is 9.59 Å². The first-order chi connectivity index (χ1) is 13.5. The summed E-state index contributed by atoms with van der Waals surface area (Å²) in [5.74, 6) is 2.39. The molecule has 1 saturated heterocycles. The van der Waals surface area contributed by atoms with E-state index in [-0.39, 0.29) is 28.6 Å². The van der Waals surface area contributed by atoms with Crippen LogP contribution in [0.2, 0.25) is 0 Å². The molecule has 4 aliphatic carbocycles. The first kappa shape index (κ1) is 18.4. The molecular formula is C21H28N4O2S. The van der Waals surface area contributed by atoms with Crippen molar-refractivity contribution in [1.29, 1.82) is 0 Å². The van der Waals surface area contributed by atoms with E-state index in [0.29, 0.717) is 24.3 Å². The first-order valence-electron chi connectivity index (χ1n) is 10.4. The molecule has 5 aliphatic rings. The van der Waals surface area contributed by atoms with Crippen molar-refractivity contribution in [3.63, 3.8) is 0 Å². The number of nitrogens with zero attached hydrogens (tertiary/aromatic N) is 2. The lowest BCUT2D eigenvalue weighted by Crippen LogP contribution is -2.63. The Morgan fingerprint density at radius 3 is 2.71 bits per heavy atom. The molecule has 5 fully saturated rings. The molecule has 1 aromatic heterocycles. The number of nitrogens with one attached hydrogen (secondary N) is 1. The molecule has 7 heteroatoms. The summed E-state index contributed by atoms with van der Waals surface area (Å²) >= 11 is 1.72. The normalized spacial score (nSPS) is 39.2. The van der Waals surface area contributed by atoms with Crippen molar-refractivity contribution in [3.8, 4) is 0 Å². The zero-order chi connectivity index (χ0) is 19.3. The first-order valence-corrected chi connectivity index (χ1v) is 11.4. The average Bonchev–Trinajstić information content (AvgIpc) is 3.13. The fourth-order valence-electron chi connectivity index (χ4n) is 6.40. The minimum absolute atomic E-state index is 0.121. The van der Waals surface area contributed by atoms with Crippen molar-refractivity contribution < 1.29 is 9.59 Å². The number of aromatic nitrogens is 1. The molecule has 0 spiro atoms. The van der Waals surface area contributed by atoms with Crippen LogP contribution in [0.25, 0.3) is 0 Å². The summed E-state index contributed by atoms with van der Waals surface area (Å²) < 4.78 is 0. The van der Waals surface area contributed by atoms with E-state index in [1.165, 1.54) is 0 Å². The number of thioether (sulfide) groups is 1. The molecule has 2 amide bonds. The Morgan fingerprint density at radius 2 is 2.04 bits per heavy atom. The van der Waals surface area contributed by atoms with E-state index in [4.69, 9.17) is 5.73 Å². The SMILES string of the molecule is NC(=O)C12CC3CC(C1)C(NC(=O)C1SCCN1Cc1ccccn1)C(C3)C2. The fourth-order valence-corrected chi connectivity index (χ4v) is 7.58. The second kappa shape index (κ2) is 7.02. The van der Waals surface area contributed by atoms with Gasteiger partial charge in [-0.2, -0.15) is 0 Å². The highest BCUT2D eigenvalue weighted by atomic mass is 32.2. The van der Waals surface area contributed by atoms with Gasteiger partial charge in [-0.25, -0.2) is 0 Å². The molecule has 6 rings (SSSR count). The van der Waals surface area contributed by atoms with Crippen LogP contribution in [-0.2, 0) is 16.1 Å². The molecule has 28 heavy (non-hydrogen) atoms. The summed E-state index contributed by atoms with van der Waals surface area (Å²) in [5, 5.41) is 3.25. The molecule has 150 valence electrons. The number of hydrogen-bond donors (Lipinski definition) is 2. The van der Waals surface area contributed by atoms with Gasteiger partial charge in [0.05, 0.1) is 5.69 Å². The van der Waals surface area contributed by atoms with Gasteiger partial charge < -0.3 is 11.1 Å². The molecular weight excluding hydrogens is 372 g/mol. The van der Waals surface area contributed by atoms with Gasteiger partial charge in [-0.1, -0.05) is 6.07 Å². The van der Waals surface area contributed by atoms with Crippen molar-refractivity contribution in [3.05, 3.63) is 30.1 Å². The van der Waals surface area contributed by atoms with Gasteiger partial charge in [0, 0.05) is 36.5 Å². The molecule has 0 radical (unpaired) electrons. The monoisotopic (exact) mass is 400 g/mol. The van der Waals surface area contributed by atoms with Crippen LogP contribution in [0, 0.1) is 23.2 Å². The Bertz CT molecular complexity index is 757. The maximum atomic E-state index is 13.2. The quantitative estimate of drug-likeness (QED) is 0.786. The minimum atomic E-state index is -0.301. The van der Waals surface area contributed by atoms with Gasteiger partial charge in [-0.15, -0.1) is 11.8 Å². The van der Waals surface area contributed by atoms with Crippen molar-refractivity contribution in [2.45, 2.75) is 50.1 Å². The molecule has 0 aromatic carbocycles. The van der Waals surface area contributed by atoms with Crippen LogP contribution in [0.5, 0.6) is 0 Å². The van der Waals surface area contributed by atoms with Crippen LogP contribution in [0.1, 0.15) is 37.8 Å². The van der Waals surface area contributed by atoms with E-state index in [0.717, 1.165) is 50.1 Å². The molecule has 1 aliphatic heterocycles. The van der Waals surface area contributed by atoms with Crippen LogP contribution in [0.3, 0.4) is 0 Å². The number of carbonyl (C=O) groups excluding carboxylic acids is 2. The third-order valence-electron chi connectivity index (χ3n) is 7.41. The number of primary amides is 1. The standard InChI is InChI=1S/C21H28N4O2S/c22-20(27)21-9-13-7-14(10-21)17(15(8-13)11-21)24-18(26)19-25(5-6-28-19)12-16-3-1-2-4-23-16/h1-4,13-15,17,19H,5-12H2,(H2,22,27)(H,24,26). The molecule has 1 aromatic rings. The summed E-state index contributed by atoms with van der Waals surface area (Å²) in [6, 6.07) is 6.12. The number of amides is 2. The Morgan fingerprint density at radius 1 is 1.25 bits per heavy atom. The summed E-state index contributed by atoms with van der Waals surface area (Å²) in [4.78, 5) is 31.9. The summed E-state index contributed by atoms with van der Waals surface area (Å²) in [6.45, 7) is 1.61. The maximum absolute atomic E-state index is 13.2. The molecule has 3 atom stereocenters.